The molecule has 2 rings (SSSR count). The van der Waals surface area contributed by atoms with Crippen molar-refractivity contribution >= 4 is 17.5 Å². The minimum Gasteiger partial charge on any atom is -0.350 e. The zero-order valence-electron chi connectivity index (χ0n) is 16.7. The number of nitrogens with zero attached hydrogens (tertiary/aromatic N) is 1. The molecule has 0 aliphatic heterocycles. The van der Waals surface area contributed by atoms with E-state index >= 15 is 0 Å². The lowest BCUT2D eigenvalue weighted by molar-refractivity contribution is -0.126. The van der Waals surface area contributed by atoms with Crippen LogP contribution < -0.4 is 10.6 Å². The van der Waals surface area contributed by atoms with Gasteiger partial charge in [0.1, 0.15) is 6.04 Å². The molecule has 0 spiro atoms. The molecule has 0 aromatic heterocycles. The molecular formula is C22H29N3O2. The summed E-state index contributed by atoms with van der Waals surface area (Å²) in [5.41, 5.74) is 2.39. The summed E-state index contributed by atoms with van der Waals surface area (Å²) >= 11 is 0. The van der Waals surface area contributed by atoms with Gasteiger partial charge in [0.25, 0.3) is 0 Å². The zero-order valence-corrected chi connectivity index (χ0v) is 16.7. The van der Waals surface area contributed by atoms with E-state index in [2.05, 4.69) is 10.6 Å². The molecule has 2 aromatic carbocycles. The summed E-state index contributed by atoms with van der Waals surface area (Å²) in [7, 11) is 1.79. The number of rotatable bonds is 6. The molecule has 1 unspecified atom stereocenters. The molecule has 2 aromatic rings. The van der Waals surface area contributed by atoms with Crippen molar-refractivity contribution in [2.45, 2.75) is 39.3 Å². The van der Waals surface area contributed by atoms with Crippen LogP contribution in [-0.4, -0.2) is 35.8 Å². The van der Waals surface area contributed by atoms with E-state index in [1.807, 2.05) is 82.3 Å². The molecule has 144 valence electrons. The topological polar surface area (TPSA) is 61.4 Å². The monoisotopic (exact) mass is 367 g/mol. The van der Waals surface area contributed by atoms with E-state index in [9.17, 15) is 9.59 Å². The average molecular weight is 367 g/mol. The third-order valence-corrected chi connectivity index (χ3v) is 4.03. The maximum Gasteiger partial charge on any atom is 0.246 e. The fraction of sp³-hybridized carbons (Fsp3) is 0.364. The average Bonchev–Trinajstić information content (AvgIpc) is 2.56. The molecule has 1 atom stereocenters. The SMILES string of the molecule is Cc1ccc(NC(=O)C(c2ccccc2)N(C)CC(=O)NC(C)(C)C)cc1. The molecule has 0 aliphatic rings. The lowest BCUT2D eigenvalue weighted by Gasteiger charge is -2.29. The van der Waals surface area contributed by atoms with E-state index in [1.54, 1.807) is 11.9 Å². The lowest BCUT2D eigenvalue weighted by atomic mass is 10.0. The molecule has 0 bridgehead atoms. The van der Waals surface area contributed by atoms with Crippen LogP contribution in [0.3, 0.4) is 0 Å². The number of carbonyl (C=O) groups excluding carboxylic acids is 2. The molecule has 5 heteroatoms. The van der Waals surface area contributed by atoms with Crippen LogP contribution in [0.5, 0.6) is 0 Å². The van der Waals surface area contributed by atoms with Gasteiger partial charge in [0.2, 0.25) is 11.8 Å². The van der Waals surface area contributed by atoms with Crippen LogP contribution >= 0.6 is 0 Å². The second-order valence-electron chi connectivity index (χ2n) is 7.88. The van der Waals surface area contributed by atoms with Crippen LogP contribution in [0.2, 0.25) is 0 Å². The first kappa shape index (κ1) is 20.6. The van der Waals surface area contributed by atoms with Gasteiger partial charge in [0, 0.05) is 11.2 Å². The molecule has 0 aliphatic carbocycles. The number of benzene rings is 2. The number of hydrogen-bond acceptors (Lipinski definition) is 3. The fourth-order valence-electron chi connectivity index (χ4n) is 2.86. The normalized spacial score (nSPS) is 12.5. The van der Waals surface area contributed by atoms with Gasteiger partial charge < -0.3 is 10.6 Å². The van der Waals surface area contributed by atoms with Crippen molar-refractivity contribution in [3.63, 3.8) is 0 Å². The highest BCUT2D eigenvalue weighted by molar-refractivity contribution is 5.96. The Balaban J connectivity index is 2.19. The number of hydrogen-bond donors (Lipinski definition) is 2. The number of carbonyl (C=O) groups is 2. The smallest absolute Gasteiger partial charge is 0.246 e. The van der Waals surface area contributed by atoms with Gasteiger partial charge in [0.05, 0.1) is 6.54 Å². The summed E-state index contributed by atoms with van der Waals surface area (Å²) in [6.07, 6.45) is 0. The van der Waals surface area contributed by atoms with Crippen LogP contribution in [0.4, 0.5) is 5.69 Å². The van der Waals surface area contributed by atoms with Gasteiger partial charge in [-0.15, -0.1) is 0 Å². The predicted molar refractivity (Wildman–Crippen MR) is 110 cm³/mol. The Bertz CT molecular complexity index is 764. The van der Waals surface area contributed by atoms with Gasteiger partial charge >= 0.3 is 0 Å². The third kappa shape index (κ3) is 6.53. The predicted octanol–water partition coefficient (Wildman–Crippen LogP) is 3.52. The molecule has 0 radical (unpaired) electrons. The maximum absolute atomic E-state index is 13.0. The molecule has 0 saturated carbocycles. The van der Waals surface area contributed by atoms with Crippen LogP contribution in [0.15, 0.2) is 54.6 Å². The Hall–Kier alpha value is -2.66. The summed E-state index contributed by atoms with van der Waals surface area (Å²) in [5, 5.41) is 5.90. The van der Waals surface area contributed by atoms with Gasteiger partial charge in [-0.2, -0.15) is 0 Å². The second-order valence-corrected chi connectivity index (χ2v) is 7.88. The van der Waals surface area contributed by atoms with Crippen molar-refractivity contribution in [3.8, 4) is 0 Å². The molecule has 2 N–H and O–H groups in total. The van der Waals surface area contributed by atoms with E-state index in [4.69, 9.17) is 0 Å². The summed E-state index contributed by atoms with van der Waals surface area (Å²) < 4.78 is 0. The Morgan fingerprint density at radius 1 is 1.00 bits per heavy atom. The van der Waals surface area contributed by atoms with E-state index in [0.717, 1.165) is 16.8 Å². The number of aryl methyl sites for hydroxylation is 1. The van der Waals surface area contributed by atoms with Gasteiger partial charge in [-0.25, -0.2) is 0 Å². The number of anilines is 1. The highest BCUT2D eigenvalue weighted by atomic mass is 16.2. The van der Waals surface area contributed by atoms with Crippen LogP contribution in [0.1, 0.15) is 37.9 Å². The largest absolute Gasteiger partial charge is 0.350 e. The first-order chi connectivity index (χ1) is 12.7. The summed E-state index contributed by atoms with van der Waals surface area (Å²) in [6.45, 7) is 7.93. The van der Waals surface area contributed by atoms with Crippen LogP contribution in [0, 0.1) is 6.92 Å². The van der Waals surface area contributed by atoms with Gasteiger partial charge in [-0.1, -0.05) is 48.0 Å². The van der Waals surface area contributed by atoms with Gasteiger partial charge in [-0.3, -0.25) is 14.5 Å². The first-order valence-corrected chi connectivity index (χ1v) is 9.09. The first-order valence-electron chi connectivity index (χ1n) is 9.09. The second kappa shape index (κ2) is 8.82. The number of amides is 2. The van der Waals surface area contributed by atoms with Crippen LogP contribution in [0.25, 0.3) is 0 Å². The van der Waals surface area contributed by atoms with E-state index in [0.29, 0.717) is 0 Å². The Morgan fingerprint density at radius 3 is 2.15 bits per heavy atom. The van der Waals surface area contributed by atoms with Crippen molar-refractivity contribution in [2.24, 2.45) is 0 Å². The minimum absolute atomic E-state index is 0.117. The Kier molecular flexibility index (Phi) is 6.75. The van der Waals surface area contributed by atoms with Crippen molar-refractivity contribution < 1.29 is 9.59 Å². The number of nitrogens with one attached hydrogen (secondary N) is 2. The quantitative estimate of drug-likeness (QED) is 0.821. The summed E-state index contributed by atoms with van der Waals surface area (Å²) in [4.78, 5) is 27.1. The van der Waals surface area contributed by atoms with Crippen molar-refractivity contribution in [1.82, 2.24) is 10.2 Å². The standard InChI is InChI=1S/C22H29N3O2/c1-16-11-13-18(14-12-16)23-21(27)20(17-9-7-6-8-10-17)25(5)15-19(26)24-22(2,3)4/h6-14,20H,15H2,1-5H3,(H,23,27)(H,24,26). The molecule has 27 heavy (non-hydrogen) atoms. The maximum atomic E-state index is 13.0. The van der Waals surface area contributed by atoms with Crippen molar-refractivity contribution in [1.29, 1.82) is 0 Å². The zero-order chi connectivity index (χ0) is 20.0. The fourth-order valence-corrected chi connectivity index (χ4v) is 2.86. The highest BCUT2D eigenvalue weighted by Gasteiger charge is 2.27. The lowest BCUT2D eigenvalue weighted by Crippen LogP contribution is -2.47. The minimum atomic E-state index is -0.571. The van der Waals surface area contributed by atoms with Gasteiger partial charge in [0.15, 0.2) is 0 Å². The van der Waals surface area contributed by atoms with Gasteiger partial charge in [-0.05, 0) is 52.4 Å². The Labute approximate surface area is 161 Å². The molecule has 2 amide bonds. The summed E-state index contributed by atoms with van der Waals surface area (Å²) in [5.74, 6) is -0.287. The highest BCUT2D eigenvalue weighted by Crippen LogP contribution is 2.22. The third-order valence-electron chi connectivity index (χ3n) is 4.03. The van der Waals surface area contributed by atoms with Crippen molar-refractivity contribution in [2.75, 3.05) is 18.9 Å². The van der Waals surface area contributed by atoms with E-state index in [-0.39, 0.29) is 23.9 Å². The van der Waals surface area contributed by atoms with Crippen molar-refractivity contribution in [3.05, 3.63) is 65.7 Å². The molecule has 0 heterocycles. The molecule has 0 fully saturated rings. The Morgan fingerprint density at radius 2 is 1.59 bits per heavy atom. The molecular weight excluding hydrogens is 338 g/mol. The summed E-state index contributed by atoms with van der Waals surface area (Å²) in [6, 6.07) is 16.6. The van der Waals surface area contributed by atoms with E-state index in [1.165, 1.54) is 0 Å². The molecule has 5 nitrogen and oxygen atoms in total. The molecule has 0 saturated heterocycles. The number of likely N-dealkylation sites (N-methyl/N-ethyl adjacent to an activating group) is 1. The van der Waals surface area contributed by atoms with E-state index < -0.39 is 6.04 Å². The van der Waals surface area contributed by atoms with Crippen LogP contribution in [-0.2, 0) is 9.59 Å².